The van der Waals surface area contributed by atoms with Crippen molar-refractivity contribution in [3.63, 3.8) is 0 Å². The molecule has 0 amide bonds. The predicted molar refractivity (Wildman–Crippen MR) is 43.2 cm³/mol. The van der Waals surface area contributed by atoms with Gasteiger partial charge in [-0.05, 0) is 0 Å². The quantitative estimate of drug-likeness (QED) is 0.599. The van der Waals surface area contributed by atoms with Gasteiger partial charge in [-0.2, -0.15) is 6.42 Å². The molecule has 0 aromatic heterocycles. The molecule has 11 heavy (non-hydrogen) atoms. The first-order chi connectivity index (χ1) is 4.69. The van der Waals surface area contributed by atoms with Crippen LogP contribution in [-0.4, -0.2) is 29.3 Å². The van der Waals surface area contributed by atoms with Gasteiger partial charge in [-0.25, -0.2) is 0 Å². The van der Waals surface area contributed by atoms with E-state index in [-0.39, 0.29) is 6.42 Å². The SMILES string of the molecule is CC[C-](S(C)(=O)=O)S(C)(=O)=O. The molecule has 0 aromatic carbocycles. The maximum atomic E-state index is 10.8. The van der Waals surface area contributed by atoms with Gasteiger partial charge in [0.25, 0.3) is 0 Å². The molecule has 0 spiro atoms. The Hall–Kier alpha value is -0.100. The standard InChI is InChI=1S/C5H11O4S2/c1-4-5(10(2,6)7)11(3,8)9/h4H2,1-3H3/q-1. The molecule has 0 fully saturated rings. The Morgan fingerprint density at radius 3 is 1.27 bits per heavy atom. The monoisotopic (exact) mass is 199 g/mol. The van der Waals surface area contributed by atoms with E-state index in [0.29, 0.717) is 0 Å². The molecule has 0 aliphatic rings. The highest BCUT2D eigenvalue weighted by Crippen LogP contribution is 2.19. The van der Waals surface area contributed by atoms with Crippen molar-refractivity contribution in [2.24, 2.45) is 0 Å². The molecule has 0 N–H and O–H groups in total. The lowest BCUT2D eigenvalue weighted by Crippen LogP contribution is -2.19. The van der Waals surface area contributed by atoms with E-state index in [2.05, 4.69) is 0 Å². The average molecular weight is 199 g/mol. The molecule has 0 unspecified atom stereocenters. The number of hydrogen-bond acceptors (Lipinski definition) is 4. The fraction of sp³-hybridized carbons (Fsp3) is 0.800. The van der Waals surface area contributed by atoms with Gasteiger partial charge in [-0.3, -0.25) is 16.8 Å². The second-order valence-corrected chi connectivity index (χ2v) is 6.60. The molecule has 0 atom stereocenters. The van der Waals surface area contributed by atoms with Crippen molar-refractivity contribution in [2.45, 2.75) is 13.3 Å². The van der Waals surface area contributed by atoms with E-state index in [1.807, 2.05) is 0 Å². The zero-order valence-electron chi connectivity index (χ0n) is 6.66. The van der Waals surface area contributed by atoms with Gasteiger partial charge < -0.3 is 0 Å². The molecule has 6 heteroatoms. The maximum Gasteiger partial charge on any atom is 0.0374 e. The van der Waals surface area contributed by atoms with Crippen molar-refractivity contribution >= 4 is 19.7 Å². The summed E-state index contributed by atoms with van der Waals surface area (Å²) in [7, 11) is -7.09. The zero-order valence-corrected chi connectivity index (χ0v) is 8.29. The lowest BCUT2D eigenvalue weighted by molar-refractivity contribution is 0.591. The lowest BCUT2D eigenvalue weighted by Gasteiger charge is -2.23. The summed E-state index contributed by atoms with van der Waals surface area (Å²) in [5.74, 6) is 0. The average Bonchev–Trinajstić information content (AvgIpc) is 1.56. The summed E-state index contributed by atoms with van der Waals surface area (Å²) in [5.41, 5.74) is 0. The highest BCUT2D eigenvalue weighted by atomic mass is 32.3. The summed E-state index contributed by atoms with van der Waals surface area (Å²) in [6, 6.07) is 0. The Kier molecular flexibility index (Phi) is 3.07. The second kappa shape index (κ2) is 3.10. The van der Waals surface area contributed by atoms with Crippen LogP contribution in [0.5, 0.6) is 0 Å². The van der Waals surface area contributed by atoms with Crippen LogP contribution in [0.15, 0.2) is 0 Å². The lowest BCUT2D eigenvalue weighted by atomic mass is 10.6. The Balaban J connectivity index is 5.05. The van der Waals surface area contributed by atoms with Crippen LogP contribution in [0.3, 0.4) is 0 Å². The Labute approximate surface area is 67.4 Å². The topological polar surface area (TPSA) is 68.3 Å². The first-order valence-corrected chi connectivity index (χ1v) is 6.73. The second-order valence-electron chi connectivity index (χ2n) is 2.27. The van der Waals surface area contributed by atoms with E-state index in [1.165, 1.54) is 6.92 Å². The molecule has 0 heterocycles. The van der Waals surface area contributed by atoms with Crippen LogP contribution in [0.25, 0.3) is 0 Å². The minimum atomic E-state index is -3.54. The van der Waals surface area contributed by atoms with Crippen LogP contribution in [0, 0.1) is 4.58 Å². The van der Waals surface area contributed by atoms with Crippen molar-refractivity contribution < 1.29 is 16.8 Å². The van der Waals surface area contributed by atoms with Crippen LogP contribution in [-0.2, 0) is 19.7 Å². The predicted octanol–water partition coefficient (Wildman–Crippen LogP) is -0.0249. The third kappa shape index (κ3) is 3.20. The van der Waals surface area contributed by atoms with Crippen LogP contribution in [0.4, 0.5) is 0 Å². The molecule has 0 bridgehead atoms. The fourth-order valence-electron chi connectivity index (χ4n) is 0.799. The first kappa shape index (κ1) is 10.9. The summed E-state index contributed by atoms with van der Waals surface area (Å²) in [5, 5.41) is 0. The summed E-state index contributed by atoms with van der Waals surface area (Å²) >= 11 is 0. The van der Waals surface area contributed by atoms with Gasteiger partial charge in [0.15, 0.2) is 0 Å². The molecule has 0 saturated carbocycles. The van der Waals surface area contributed by atoms with Gasteiger partial charge in [0.1, 0.15) is 0 Å². The van der Waals surface area contributed by atoms with E-state index in [9.17, 15) is 16.8 Å². The van der Waals surface area contributed by atoms with Crippen LogP contribution in [0.2, 0.25) is 0 Å². The fourth-order valence-corrected chi connectivity index (χ4v) is 4.05. The molecule has 68 valence electrons. The molecular weight excluding hydrogens is 188 g/mol. The molecule has 0 aliphatic carbocycles. The summed E-state index contributed by atoms with van der Waals surface area (Å²) in [6.07, 6.45) is 1.82. The van der Waals surface area contributed by atoms with Gasteiger partial charge in [0.05, 0.1) is 0 Å². The number of rotatable bonds is 3. The first-order valence-electron chi connectivity index (χ1n) is 2.95. The highest BCUT2D eigenvalue weighted by Gasteiger charge is 2.14. The van der Waals surface area contributed by atoms with E-state index in [1.54, 1.807) is 0 Å². The Bertz CT molecular complexity index is 278. The Morgan fingerprint density at radius 1 is 1.00 bits per heavy atom. The zero-order chi connectivity index (χ0) is 9.28. The summed E-state index contributed by atoms with van der Waals surface area (Å²) < 4.78 is 42.8. The maximum absolute atomic E-state index is 10.8. The summed E-state index contributed by atoms with van der Waals surface area (Å²) in [6.45, 7) is 1.50. The van der Waals surface area contributed by atoms with Crippen LogP contribution in [0.1, 0.15) is 13.3 Å². The van der Waals surface area contributed by atoms with Gasteiger partial charge in [0.2, 0.25) is 0 Å². The molecule has 0 radical (unpaired) electrons. The van der Waals surface area contributed by atoms with Gasteiger partial charge in [0, 0.05) is 32.2 Å². The summed E-state index contributed by atoms with van der Waals surface area (Å²) in [4.78, 5) is 0. The third-order valence-corrected chi connectivity index (χ3v) is 5.16. The van der Waals surface area contributed by atoms with E-state index >= 15 is 0 Å². The smallest absolute Gasteiger partial charge is 0.0374 e. The molecule has 0 rings (SSSR count). The van der Waals surface area contributed by atoms with E-state index < -0.39 is 24.3 Å². The molecular formula is C5H11O4S2-. The number of sulfone groups is 2. The van der Waals surface area contributed by atoms with E-state index in [4.69, 9.17) is 0 Å². The minimum absolute atomic E-state index is 0.0255. The van der Waals surface area contributed by atoms with Crippen molar-refractivity contribution in [3.05, 3.63) is 4.58 Å². The highest BCUT2D eigenvalue weighted by molar-refractivity contribution is 8.12. The van der Waals surface area contributed by atoms with Crippen molar-refractivity contribution in [3.8, 4) is 0 Å². The van der Waals surface area contributed by atoms with Crippen LogP contribution < -0.4 is 0 Å². The number of hydrogen-bond donors (Lipinski definition) is 0. The third-order valence-electron chi connectivity index (χ3n) is 1.12. The normalized spacial score (nSPS) is 13.8. The van der Waals surface area contributed by atoms with Crippen molar-refractivity contribution in [2.75, 3.05) is 12.5 Å². The van der Waals surface area contributed by atoms with Gasteiger partial charge >= 0.3 is 0 Å². The van der Waals surface area contributed by atoms with Gasteiger partial charge in [-0.15, -0.1) is 0 Å². The molecule has 0 saturated heterocycles. The molecule has 0 aromatic rings. The minimum Gasteiger partial charge on any atom is -0.261 e. The van der Waals surface area contributed by atoms with Crippen molar-refractivity contribution in [1.82, 2.24) is 0 Å². The van der Waals surface area contributed by atoms with E-state index in [0.717, 1.165) is 12.5 Å². The van der Waals surface area contributed by atoms with Crippen molar-refractivity contribution in [1.29, 1.82) is 0 Å². The van der Waals surface area contributed by atoms with Crippen LogP contribution >= 0.6 is 0 Å². The van der Waals surface area contributed by atoms with Gasteiger partial charge in [-0.1, -0.05) is 11.5 Å². The largest absolute Gasteiger partial charge is 0.261 e. The molecule has 4 nitrogen and oxygen atoms in total. The Morgan fingerprint density at radius 2 is 1.27 bits per heavy atom. The molecule has 0 aliphatic heterocycles.